The van der Waals surface area contributed by atoms with Gasteiger partial charge in [-0.25, -0.2) is 0 Å². The molecule has 0 saturated heterocycles. The topological polar surface area (TPSA) is 15.3 Å². The average molecular weight is 355 g/mol. The third kappa shape index (κ3) is 5.00. The van der Waals surface area contributed by atoms with Crippen molar-refractivity contribution in [1.29, 1.82) is 0 Å². The van der Waals surface area contributed by atoms with Gasteiger partial charge in [-0.1, -0.05) is 33.8 Å². The van der Waals surface area contributed by atoms with Crippen LogP contribution >= 0.6 is 15.9 Å². The van der Waals surface area contributed by atoms with E-state index < -0.39 is 0 Å². The molecule has 0 heterocycles. The summed E-state index contributed by atoms with van der Waals surface area (Å²) >= 11 is 3.75. The van der Waals surface area contributed by atoms with Crippen molar-refractivity contribution in [3.8, 4) is 0 Å². The number of halogens is 1. The highest BCUT2D eigenvalue weighted by molar-refractivity contribution is 9.10. The van der Waals surface area contributed by atoms with E-state index in [1.165, 1.54) is 15.7 Å². The second-order valence-electron chi connectivity index (χ2n) is 7.04. The summed E-state index contributed by atoms with van der Waals surface area (Å²) in [6, 6.07) is 7.57. The number of benzene rings is 1. The Morgan fingerprint density at radius 1 is 1.24 bits per heavy atom. The summed E-state index contributed by atoms with van der Waals surface area (Å²) in [5.41, 5.74) is 2.84. The number of hydrogen-bond acceptors (Lipinski definition) is 2. The molecular formula is C18H31BrN2. The van der Waals surface area contributed by atoms with Gasteiger partial charge in [0.25, 0.3) is 0 Å². The van der Waals surface area contributed by atoms with Gasteiger partial charge in [0, 0.05) is 23.6 Å². The molecule has 0 aliphatic rings. The molecule has 1 rings (SSSR count). The third-order valence-corrected chi connectivity index (χ3v) is 5.02. The average Bonchev–Trinajstić information content (AvgIpc) is 2.42. The molecule has 120 valence electrons. The number of nitrogens with one attached hydrogen (secondary N) is 1. The van der Waals surface area contributed by atoms with Gasteiger partial charge in [0.1, 0.15) is 0 Å². The van der Waals surface area contributed by atoms with Gasteiger partial charge in [0.15, 0.2) is 0 Å². The summed E-state index contributed by atoms with van der Waals surface area (Å²) in [6.07, 6.45) is 1.16. The molecule has 0 spiro atoms. The Kier molecular flexibility index (Phi) is 6.73. The SMILES string of the molecule is CCCNC(C)c1ccc(N(C)C(C)C(C)(C)C)c(Br)c1. The van der Waals surface area contributed by atoms with Gasteiger partial charge in [-0.15, -0.1) is 0 Å². The van der Waals surface area contributed by atoms with Gasteiger partial charge in [-0.3, -0.25) is 0 Å². The van der Waals surface area contributed by atoms with Crippen molar-refractivity contribution >= 4 is 21.6 Å². The number of nitrogens with zero attached hydrogens (tertiary/aromatic N) is 1. The largest absolute Gasteiger partial charge is 0.370 e. The minimum atomic E-state index is 0.253. The predicted octanol–water partition coefficient (Wildman–Crippen LogP) is 5.38. The lowest BCUT2D eigenvalue weighted by atomic mass is 9.87. The monoisotopic (exact) mass is 354 g/mol. The van der Waals surface area contributed by atoms with Crippen molar-refractivity contribution in [1.82, 2.24) is 5.32 Å². The Balaban J connectivity index is 2.92. The van der Waals surface area contributed by atoms with E-state index in [1.807, 2.05) is 0 Å². The molecule has 1 aromatic rings. The van der Waals surface area contributed by atoms with Crippen LogP contribution in [0.4, 0.5) is 5.69 Å². The molecule has 2 unspecified atom stereocenters. The van der Waals surface area contributed by atoms with E-state index in [1.54, 1.807) is 0 Å². The maximum Gasteiger partial charge on any atom is 0.0510 e. The first kappa shape index (κ1) is 18.5. The Bertz CT molecular complexity index is 451. The Morgan fingerprint density at radius 2 is 1.86 bits per heavy atom. The lowest BCUT2D eigenvalue weighted by molar-refractivity contribution is 0.329. The van der Waals surface area contributed by atoms with E-state index in [0.717, 1.165) is 13.0 Å². The van der Waals surface area contributed by atoms with Crippen LogP contribution in [0.3, 0.4) is 0 Å². The van der Waals surface area contributed by atoms with E-state index in [4.69, 9.17) is 0 Å². The molecular weight excluding hydrogens is 324 g/mol. The minimum Gasteiger partial charge on any atom is -0.370 e. The van der Waals surface area contributed by atoms with Crippen LogP contribution in [0.25, 0.3) is 0 Å². The molecule has 2 nitrogen and oxygen atoms in total. The van der Waals surface area contributed by atoms with E-state index in [-0.39, 0.29) is 5.41 Å². The van der Waals surface area contributed by atoms with Crippen molar-refractivity contribution in [2.75, 3.05) is 18.5 Å². The highest BCUT2D eigenvalue weighted by Gasteiger charge is 2.25. The third-order valence-electron chi connectivity index (χ3n) is 4.39. The molecule has 0 aliphatic carbocycles. The number of anilines is 1. The van der Waals surface area contributed by atoms with Crippen molar-refractivity contribution in [3.63, 3.8) is 0 Å². The summed E-state index contributed by atoms with van der Waals surface area (Å²) < 4.78 is 1.17. The zero-order valence-corrected chi connectivity index (χ0v) is 16.2. The predicted molar refractivity (Wildman–Crippen MR) is 98.2 cm³/mol. The van der Waals surface area contributed by atoms with Crippen LogP contribution in [0.5, 0.6) is 0 Å². The maximum absolute atomic E-state index is 3.75. The molecule has 21 heavy (non-hydrogen) atoms. The summed E-state index contributed by atoms with van der Waals surface area (Å²) in [7, 11) is 2.18. The van der Waals surface area contributed by atoms with Crippen LogP contribution in [0.1, 0.15) is 59.6 Å². The summed E-state index contributed by atoms with van der Waals surface area (Å²) in [6.45, 7) is 14.6. The first-order valence-electron chi connectivity index (χ1n) is 7.94. The van der Waals surface area contributed by atoms with Crippen LogP contribution in [-0.2, 0) is 0 Å². The van der Waals surface area contributed by atoms with Crippen molar-refractivity contribution < 1.29 is 0 Å². The number of rotatable bonds is 6. The highest BCUT2D eigenvalue weighted by atomic mass is 79.9. The molecule has 0 saturated carbocycles. The van der Waals surface area contributed by atoms with Crippen molar-refractivity contribution in [2.45, 2.75) is 60.0 Å². The lowest BCUT2D eigenvalue weighted by Gasteiger charge is -2.37. The molecule has 0 radical (unpaired) electrons. The maximum atomic E-state index is 3.75. The van der Waals surface area contributed by atoms with Gasteiger partial charge < -0.3 is 10.2 Å². The summed E-state index contributed by atoms with van der Waals surface area (Å²) in [4.78, 5) is 2.36. The van der Waals surface area contributed by atoms with Gasteiger partial charge in [-0.2, -0.15) is 0 Å². The summed E-state index contributed by atoms with van der Waals surface area (Å²) in [5.74, 6) is 0. The van der Waals surface area contributed by atoms with Crippen LogP contribution in [-0.4, -0.2) is 19.6 Å². The van der Waals surface area contributed by atoms with Gasteiger partial charge in [-0.05, 0) is 65.9 Å². The summed E-state index contributed by atoms with van der Waals surface area (Å²) in [5, 5.41) is 3.54. The Labute approximate surface area is 139 Å². The zero-order chi connectivity index (χ0) is 16.2. The molecule has 3 heteroatoms. The minimum absolute atomic E-state index is 0.253. The van der Waals surface area contributed by atoms with E-state index in [9.17, 15) is 0 Å². The fourth-order valence-corrected chi connectivity index (χ4v) is 3.02. The first-order chi connectivity index (χ1) is 9.68. The Hall–Kier alpha value is -0.540. The fraction of sp³-hybridized carbons (Fsp3) is 0.667. The number of hydrogen-bond donors (Lipinski definition) is 1. The van der Waals surface area contributed by atoms with Crippen molar-refractivity contribution in [2.24, 2.45) is 5.41 Å². The zero-order valence-electron chi connectivity index (χ0n) is 14.6. The molecule has 2 atom stereocenters. The van der Waals surface area contributed by atoms with Gasteiger partial charge >= 0.3 is 0 Å². The van der Waals surface area contributed by atoms with Crippen LogP contribution < -0.4 is 10.2 Å². The smallest absolute Gasteiger partial charge is 0.0510 e. The second-order valence-corrected chi connectivity index (χ2v) is 7.89. The molecule has 0 bridgehead atoms. The normalized spacial score (nSPS) is 14.9. The van der Waals surface area contributed by atoms with Crippen LogP contribution in [0.2, 0.25) is 0 Å². The van der Waals surface area contributed by atoms with E-state index in [0.29, 0.717) is 12.1 Å². The molecule has 0 aliphatic heterocycles. The molecule has 0 aromatic heterocycles. The second kappa shape index (κ2) is 7.64. The molecule has 1 aromatic carbocycles. The molecule has 0 fully saturated rings. The van der Waals surface area contributed by atoms with Crippen LogP contribution in [0.15, 0.2) is 22.7 Å². The van der Waals surface area contributed by atoms with Gasteiger partial charge in [0.2, 0.25) is 0 Å². The standard InChI is InChI=1S/C18H31BrN2/c1-8-11-20-13(2)15-9-10-17(16(19)12-15)21(7)14(3)18(4,5)6/h9-10,12-14,20H,8,11H2,1-7H3. The highest BCUT2D eigenvalue weighted by Crippen LogP contribution is 2.33. The van der Waals surface area contributed by atoms with Crippen LogP contribution in [0, 0.1) is 5.41 Å². The molecule has 1 N–H and O–H groups in total. The fourth-order valence-electron chi connectivity index (χ4n) is 2.35. The van der Waals surface area contributed by atoms with Crippen molar-refractivity contribution in [3.05, 3.63) is 28.2 Å². The molecule has 0 amide bonds. The van der Waals surface area contributed by atoms with E-state index in [2.05, 4.69) is 92.9 Å². The van der Waals surface area contributed by atoms with Gasteiger partial charge in [0.05, 0.1) is 5.69 Å². The quantitative estimate of drug-likeness (QED) is 0.737. The Morgan fingerprint density at radius 3 is 2.33 bits per heavy atom. The van der Waals surface area contributed by atoms with E-state index >= 15 is 0 Å². The lowest BCUT2D eigenvalue weighted by Crippen LogP contribution is -2.39. The first-order valence-corrected chi connectivity index (χ1v) is 8.73.